The molecule has 0 amide bonds. The summed E-state index contributed by atoms with van der Waals surface area (Å²) in [5.41, 5.74) is 0. The van der Waals surface area contributed by atoms with Gasteiger partial charge in [-0.25, -0.2) is 0 Å². The van der Waals surface area contributed by atoms with Crippen molar-refractivity contribution in [3.63, 3.8) is 0 Å². The molecule has 0 N–H and O–H groups in total. The fourth-order valence-corrected chi connectivity index (χ4v) is 2.31. The third kappa shape index (κ3) is 3.48. The molecular weight excluding hydrogens is 200 g/mol. The van der Waals surface area contributed by atoms with Crippen LogP contribution in [0.2, 0.25) is 0 Å². The molecule has 0 aromatic heterocycles. The zero-order valence-electron chi connectivity index (χ0n) is 6.32. The Hall–Kier alpha value is 0.790. The zero-order valence-corrected chi connectivity index (χ0v) is 8.72. The lowest BCUT2D eigenvalue weighted by atomic mass is 10.9. The summed E-state index contributed by atoms with van der Waals surface area (Å²) < 4.78 is 5.53. The minimum atomic E-state index is -0.852. The van der Waals surface area contributed by atoms with Crippen LogP contribution in [0.25, 0.3) is 0 Å². The van der Waals surface area contributed by atoms with Crippen molar-refractivity contribution in [3.05, 3.63) is 0 Å². The van der Waals surface area contributed by atoms with Crippen molar-refractivity contribution in [2.45, 2.75) is 20.8 Å². The molecule has 0 aromatic carbocycles. The number of hydrogen-bond acceptors (Lipinski definition) is 1. The lowest BCUT2D eigenvalue weighted by Crippen LogP contribution is -2.01. The average Bonchev–Trinajstić information content (AvgIpc) is 1.89. The van der Waals surface area contributed by atoms with Gasteiger partial charge in [-0.3, -0.25) is 0 Å². The predicted molar refractivity (Wildman–Crippen MR) is 49.2 cm³/mol. The summed E-state index contributed by atoms with van der Waals surface area (Å²) >= 11 is 3.60. The summed E-state index contributed by atoms with van der Waals surface area (Å²) in [7, 11) is -0.852. The van der Waals surface area contributed by atoms with Crippen LogP contribution in [-0.4, -0.2) is 18.1 Å². The SMILES string of the molecule is CCOS(Br)(CC)CC. The third-order valence-electron chi connectivity index (χ3n) is 1.19. The summed E-state index contributed by atoms with van der Waals surface area (Å²) in [4.78, 5) is 0. The molecule has 0 unspecified atom stereocenters. The molecule has 0 spiro atoms. The Balaban J connectivity index is 3.62. The van der Waals surface area contributed by atoms with E-state index in [0.717, 1.165) is 18.1 Å². The standard InChI is InChI=1S/C6H15BrOS/c1-4-8-9(7,5-2)6-3/h4-6H2,1-3H3. The van der Waals surface area contributed by atoms with Crippen molar-refractivity contribution in [2.24, 2.45) is 0 Å². The largest absolute Gasteiger partial charge is 0.327 e. The van der Waals surface area contributed by atoms with Gasteiger partial charge in [0.05, 0.1) is 6.61 Å². The van der Waals surface area contributed by atoms with Crippen LogP contribution in [0.1, 0.15) is 20.8 Å². The van der Waals surface area contributed by atoms with Gasteiger partial charge in [0.15, 0.2) is 0 Å². The molecule has 0 radical (unpaired) electrons. The van der Waals surface area contributed by atoms with E-state index in [9.17, 15) is 0 Å². The van der Waals surface area contributed by atoms with Crippen LogP contribution < -0.4 is 0 Å². The molecule has 0 aromatic rings. The maximum Gasteiger partial charge on any atom is 0.0574 e. The molecule has 9 heavy (non-hydrogen) atoms. The van der Waals surface area contributed by atoms with Gasteiger partial charge in [0, 0.05) is 11.5 Å². The molecule has 0 rings (SSSR count). The van der Waals surface area contributed by atoms with Crippen LogP contribution >= 0.6 is 23.6 Å². The zero-order chi connectivity index (χ0) is 7.33. The molecule has 0 aliphatic carbocycles. The molecule has 0 bridgehead atoms. The Labute approximate surface area is 66.9 Å². The summed E-state index contributed by atoms with van der Waals surface area (Å²) in [6, 6.07) is 0. The molecule has 0 heterocycles. The molecule has 1 nitrogen and oxygen atoms in total. The quantitative estimate of drug-likeness (QED) is 0.700. The second kappa shape index (κ2) is 4.58. The van der Waals surface area contributed by atoms with E-state index < -0.39 is 8.74 Å². The van der Waals surface area contributed by atoms with Gasteiger partial charge < -0.3 is 4.18 Å². The summed E-state index contributed by atoms with van der Waals surface area (Å²) in [5, 5.41) is 0. The second-order valence-corrected chi connectivity index (χ2v) is 8.08. The van der Waals surface area contributed by atoms with Gasteiger partial charge in [-0.1, -0.05) is 22.6 Å². The van der Waals surface area contributed by atoms with Crippen LogP contribution in [0.4, 0.5) is 0 Å². The highest BCUT2D eigenvalue weighted by atomic mass is 79.9. The first-order valence-corrected chi connectivity index (χ1v) is 7.05. The van der Waals surface area contributed by atoms with Crippen LogP contribution in [0, 0.1) is 0 Å². The van der Waals surface area contributed by atoms with Gasteiger partial charge in [-0.05, 0) is 21.7 Å². The lowest BCUT2D eigenvalue weighted by Gasteiger charge is -2.29. The highest BCUT2D eigenvalue weighted by Crippen LogP contribution is 2.55. The highest BCUT2D eigenvalue weighted by Gasteiger charge is 2.14. The van der Waals surface area contributed by atoms with Crippen molar-refractivity contribution < 1.29 is 4.18 Å². The average molecular weight is 215 g/mol. The van der Waals surface area contributed by atoms with Crippen LogP contribution in [0.3, 0.4) is 0 Å². The smallest absolute Gasteiger partial charge is 0.0574 e. The Morgan fingerprint density at radius 1 is 1.22 bits per heavy atom. The van der Waals surface area contributed by atoms with Crippen molar-refractivity contribution in [2.75, 3.05) is 18.1 Å². The lowest BCUT2D eigenvalue weighted by molar-refractivity contribution is 0.390. The first-order valence-electron chi connectivity index (χ1n) is 3.31. The van der Waals surface area contributed by atoms with E-state index >= 15 is 0 Å². The fraction of sp³-hybridized carbons (Fsp3) is 1.00. The first kappa shape index (κ1) is 9.79. The van der Waals surface area contributed by atoms with E-state index in [-0.39, 0.29) is 0 Å². The predicted octanol–water partition coefficient (Wildman–Crippen LogP) is 3.09. The molecule has 58 valence electrons. The third-order valence-corrected chi connectivity index (χ3v) is 6.88. The van der Waals surface area contributed by atoms with Gasteiger partial charge in [0.25, 0.3) is 0 Å². The molecule has 0 saturated heterocycles. The second-order valence-electron chi connectivity index (χ2n) is 1.70. The Morgan fingerprint density at radius 3 is 1.78 bits per heavy atom. The van der Waals surface area contributed by atoms with Crippen molar-refractivity contribution >= 4 is 23.6 Å². The molecule has 0 atom stereocenters. The summed E-state index contributed by atoms with van der Waals surface area (Å²) in [6.45, 7) is 7.17. The Bertz CT molecular complexity index is 73.5. The molecule has 0 aliphatic heterocycles. The van der Waals surface area contributed by atoms with Gasteiger partial charge in [0.1, 0.15) is 0 Å². The Kier molecular flexibility index (Phi) is 4.98. The molecular formula is C6H15BrOS. The van der Waals surface area contributed by atoms with Crippen molar-refractivity contribution in [1.82, 2.24) is 0 Å². The summed E-state index contributed by atoms with van der Waals surface area (Å²) in [6.07, 6.45) is 0. The summed E-state index contributed by atoms with van der Waals surface area (Å²) in [5.74, 6) is 2.22. The molecule has 0 aliphatic rings. The molecule has 3 heteroatoms. The van der Waals surface area contributed by atoms with E-state index in [0.29, 0.717) is 0 Å². The monoisotopic (exact) mass is 214 g/mol. The van der Waals surface area contributed by atoms with Gasteiger partial charge >= 0.3 is 0 Å². The normalized spacial score (nSPS) is 13.8. The van der Waals surface area contributed by atoms with Gasteiger partial charge in [-0.2, -0.15) is 0 Å². The Morgan fingerprint density at radius 2 is 1.67 bits per heavy atom. The topological polar surface area (TPSA) is 9.23 Å². The maximum absolute atomic E-state index is 5.53. The molecule has 0 saturated carbocycles. The van der Waals surface area contributed by atoms with Crippen LogP contribution in [0.5, 0.6) is 0 Å². The highest BCUT2D eigenvalue weighted by molar-refractivity contribution is 9.57. The fourth-order valence-electron chi connectivity index (χ4n) is 0.582. The number of hydrogen-bond donors (Lipinski definition) is 0. The van der Waals surface area contributed by atoms with E-state index in [4.69, 9.17) is 4.18 Å². The minimum Gasteiger partial charge on any atom is -0.327 e. The van der Waals surface area contributed by atoms with Crippen molar-refractivity contribution in [3.8, 4) is 0 Å². The van der Waals surface area contributed by atoms with E-state index in [1.54, 1.807) is 0 Å². The maximum atomic E-state index is 5.53. The minimum absolute atomic E-state index is 0.822. The van der Waals surface area contributed by atoms with E-state index in [1.165, 1.54) is 0 Å². The van der Waals surface area contributed by atoms with Crippen LogP contribution in [-0.2, 0) is 4.18 Å². The van der Waals surface area contributed by atoms with E-state index in [1.807, 2.05) is 6.92 Å². The van der Waals surface area contributed by atoms with Crippen molar-refractivity contribution in [1.29, 1.82) is 0 Å². The van der Waals surface area contributed by atoms with Gasteiger partial charge in [-0.15, -0.1) is 0 Å². The number of rotatable bonds is 4. The van der Waals surface area contributed by atoms with E-state index in [2.05, 4.69) is 28.7 Å². The number of halogens is 1. The molecule has 0 fully saturated rings. The van der Waals surface area contributed by atoms with Crippen LogP contribution in [0.15, 0.2) is 0 Å². The first-order chi connectivity index (χ1) is 4.18. The van der Waals surface area contributed by atoms with Gasteiger partial charge in [0.2, 0.25) is 0 Å².